The van der Waals surface area contributed by atoms with E-state index in [1.165, 1.54) is 29.7 Å². The first-order valence-electron chi connectivity index (χ1n) is 10.1. The minimum atomic E-state index is -4.39. The molecule has 5 aromatic carbocycles. The van der Waals surface area contributed by atoms with Crippen LogP contribution in [0.3, 0.4) is 0 Å². The first kappa shape index (κ1) is 20.1. The molecule has 0 aliphatic heterocycles. The predicted octanol–water partition coefficient (Wildman–Crippen LogP) is 7.53. The van der Waals surface area contributed by atoms with Crippen LogP contribution in [0.25, 0.3) is 38.4 Å². The highest BCUT2D eigenvalue weighted by atomic mass is 19.4. The Bertz CT molecular complexity index is 1480. The van der Waals surface area contributed by atoms with E-state index in [2.05, 4.69) is 24.3 Å². The number of hydrogen-bond acceptors (Lipinski definition) is 2. The fraction of sp³-hybridized carbons (Fsp3) is 0.0741. The molecule has 0 radical (unpaired) electrons. The lowest BCUT2D eigenvalue weighted by Gasteiger charge is -2.15. The Morgan fingerprint density at radius 3 is 2.19 bits per heavy atom. The monoisotopic (exact) mass is 430 g/mol. The lowest BCUT2D eigenvalue weighted by atomic mass is 9.92. The molecule has 0 spiro atoms. The van der Waals surface area contributed by atoms with E-state index in [0.717, 1.165) is 44.6 Å². The fourth-order valence-electron chi connectivity index (χ4n) is 4.12. The zero-order chi connectivity index (χ0) is 22.5. The second-order valence-electron chi connectivity index (χ2n) is 7.73. The molecule has 0 aliphatic carbocycles. The molecular weight excluding hydrogens is 413 g/mol. The Hall–Kier alpha value is -3.86. The van der Waals surface area contributed by atoms with Gasteiger partial charge in [-0.05, 0) is 74.6 Å². The molecule has 0 unspecified atom stereocenters. The molecule has 0 amide bonds. The Morgan fingerprint density at radius 1 is 0.844 bits per heavy atom. The molecule has 0 saturated carbocycles. The van der Waals surface area contributed by atoms with Gasteiger partial charge in [0.2, 0.25) is 0 Å². The zero-order valence-corrected chi connectivity index (χ0v) is 17.0. The van der Waals surface area contributed by atoms with Gasteiger partial charge in [-0.2, -0.15) is 13.2 Å². The first-order chi connectivity index (χ1) is 15.3. The zero-order valence-electron chi connectivity index (χ0n) is 17.0. The number of rotatable bonds is 3. The Labute approximate surface area is 181 Å². The highest BCUT2D eigenvalue weighted by Crippen LogP contribution is 2.39. The summed E-state index contributed by atoms with van der Waals surface area (Å²) >= 11 is 0. The second-order valence-corrected chi connectivity index (χ2v) is 7.73. The van der Waals surface area contributed by atoms with Gasteiger partial charge in [0, 0.05) is 6.08 Å². The standard InChI is InChI=1S/C27H17F3O2/c1-16-22-13-10-19-4-2-3-18-8-9-20(26(22)25(18)19)15-23(16)32-24(31)14-7-17-5-11-21(12-6-17)27(28,29)30/h2-15H,1H3. The number of hydrogen-bond donors (Lipinski definition) is 0. The van der Waals surface area contributed by atoms with Gasteiger partial charge in [0.15, 0.2) is 0 Å². The summed E-state index contributed by atoms with van der Waals surface area (Å²) in [5, 5.41) is 6.63. The van der Waals surface area contributed by atoms with Gasteiger partial charge in [0.05, 0.1) is 5.56 Å². The van der Waals surface area contributed by atoms with Crippen molar-refractivity contribution in [3.8, 4) is 5.75 Å². The minimum absolute atomic E-state index is 0.456. The van der Waals surface area contributed by atoms with E-state index in [1.807, 2.05) is 31.2 Å². The third-order valence-corrected chi connectivity index (χ3v) is 5.73. The molecule has 2 nitrogen and oxygen atoms in total. The molecule has 0 atom stereocenters. The van der Waals surface area contributed by atoms with E-state index in [9.17, 15) is 18.0 Å². The summed E-state index contributed by atoms with van der Waals surface area (Å²) in [5.74, 6) is -0.140. The molecule has 0 aliphatic rings. The summed E-state index contributed by atoms with van der Waals surface area (Å²) in [6, 6.07) is 20.8. The van der Waals surface area contributed by atoms with Crippen molar-refractivity contribution in [1.82, 2.24) is 0 Å². The van der Waals surface area contributed by atoms with Crippen molar-refractivity contribution >= 4 is 44.4 Å². The van der Waals surface area contributed by atoms with Crippen LogP contribution in [0.5, 0.6) is 5.75 Å². The van der Waals surface area contributed by atoms with Crippen LogP contribution in [0.15, 0.2) is 78.9 Å². The Kier molecular flexibility index (Phi) is 4.63. The van der Waals surface area contributed by atoms with Crippen molar-refractivity contribution in [2.45, 2.75) is 13.1 Å². The third-order valence-electron chi connectivity index (χ3n) is 5.73. The van der Waals surface area contributed by atoms with Crippen molar-refractivity contribution in [3.63, 3.8) is 0 Å². The van der Waals surface area contributed by atoms with E-state index in [4.69, 9.17) is 4.74 Å². The van der Waals surface area contributed by atoms with Crippen LogP contribution < -0.4 is 4.74 Å². The second kappa shape index (κ2) is 7.38. The number of carbonyl (C=O) groups excluding carboxylic acids is 1. The highest BCUT2D eigenvalue weighted by molar-refractivity contribution is 6.24. The maximum absolute atomic E-state index is 12.7. The number of alkyl halides is 3. The molecule has 0 saturated heterocycles. The van der Waals surface area contributed by atoms with Crippen molar-refractivity contribution in [2.75, 3.05) is 0 Å². The normalized spacial score (nSPS) is 12.4. The quantitative estimate of drug-likeness (QED) is 0.128. The topological polar surface area (TPSA) is 26.3 Å². The van der Waals surface area contributed by atoms with Gasteiger partial charge in [-0.25, -0.2) is 4.79 Å². The number of carbonyl (C=O) groups is 1. The van der Waals surface area contributed by atoms with Crippen LogP contribution >= 0.6 is 0 Å². The smallest absolute Gasteiger partial charge is 0.416 e. The Balaban J connectivity index is 1.45. The first-order valence-corrected chi connectivity index (χ1v) is 10.1. The van der Waals surface area contributed by atoms with Gasteiger partial charge in [0.1, 0.15) is 5.75 Å². The van der Waals surface area contributed by atoms with E-state index < -0.39 is 17.7 Å². The molecular formula is C27H17F3O2. The summed E-state index contributed by atoms with van der Waals surface area (Å²) in [7, 11) is 0. The SMILES string of the molecule is Cc1c(OC(=O)C=Cc2ccc(C(F)(F)F)cc2)cc2ccc3cccc4ccc1c2c34. The van der Waals surface area contributed by atoms with Gasteiger partial charge >= 0.3 is 12.1 Å². The summed E-state index contributed by atoms with van der Waals surface area (Å²) in [4.78, 5) is 12.4. The maximum atomic E-state index is 12.7. The lowest BCUT2D eigenvalue weighted by Crippen LogP contribution is -2.05. The summed E-state index contributed by atoms with van der Waals surface area (Å²) < 4.78 is 43.6. The van der Waals surface area contributed by atoms with Crippen LogP contribution in [0.2, 0.25) is 0 Å². The van der Waals surface area contributed by atoms with Gasteiger partial charge < -0.3 is 4.74 Å². The number of benzene rings is 5. The highest BCUT2D eigenvalue weighted by Gasteiger charge is 2.29. The number of esters is 1. The van der Waals surface area contributed by atoms with E-state index in [0.29, 0.717) is 11.3 Å². The summed E-state index contributed by atoms with van der Waals surface area (Å²) in [5.41, 5.74) is 0.593. The van der Waals surface area contributed by atoms with Gasteiger partial charge in [-0.1, -0.05) is 54.6 Å². The van der Waals surface area contributed by atoms with Gasteiger partial charge in [0.25, 0.3) is 0 Å². The lowest BCUT2D eigenvalue weighted by molar-refractivity contribution is -0.137. The van der Waals surface area contributed by atoms with Crippen LogP contribution in [0, 0.1) is 6.92 Å². The largest absolute Gasteiger partial charge is 0.423 e. The van der Waals surface area contributed by atoms with Crippen molar-refractivity contribution in [3.05, 3.63) is 95.6 Å². The number of aryl methyl sites for hydroxylation is 1. The third kappa shape index (κ3) is 3.46. The molecule has 5 aromatic rings. The molecule has 0 aromatic heterocycles. The molecule has 0 bridgehead atoms. The van der Waals surface area contributed by atoms with Gasteiger partial charge in [-0.3, -0.25) is 0 Å². The number of ether oxygens (including phenoxy) is 1. The van der Waals surface area contributed by atoms with Crippen LogP contribution in [-0.4, -0.2) is 5.97 Å². The summed E-state index contributed by atoms with van der Waals surface area (Å²) in [6.07, 6.45) is -1.75. The predicted molar refractivity (Wildman–Crippen MR) is 121 cm³/mol. The average molecular weight is 430 g/mol. The minimum Gasteiger partial charge on any atom is -0.423 e. The maximum Gasteiger partial charge on any atom is 0.416 e. The number of halogens is 3. The average Bonchev–Trinajstić information content (AvgIpc) is 2.78. The van der Waals surface area contributed by atoms with Crippen LogP contribution in [0.1, 0.15) is 16.7 Å². The molecule has 0 N–H and O–H groups in total. The molecule has 0 fully saturated rings. The molecule has 0 heterocycles. The van der Waals surface area contributed by atoms with E-state index in [-0.39, 0.29) is 0 Å². The van der Waals surface area contributed by atoms with E-state index in [1.54, 1.807) is 0 Å². The fourth-order valence-corrected chi connectivity index (χ4v) is 4.12. The van der Waals surface area contributed by atoms with E-state index >= 15 is 0 Å². The summed E-state index contributed by atoms with van der Waals surface area (Å²) in [6.45, 7) is 1.91. The van der Waals surface area contributed by atoms with Crippen LogP contribution in [-0.2, 0) is 11.0 Å². The van der Waals surface area contributed by atoms with Crippen LogP contribution in [0.4, 0.5) is 13.2 Å². The molecule has 5 heteroatoms. The van der Waals surface area contributed by atoms with Gasteiger partial charge in [-0.15, -0.1) is 0 Å². The molecule has 5 rings (SSSR count). The van der Waals surface area contributed by atoms with Crippen molar-refractivity contribution in [2.24, 2.45) is 0 Å². The van der Waals surface area contributed by atoms with Crippen molar-refractivity contribution < 1.29 is 22.7 Å². The molecule has 32 heavy (non-hydrogen) atoms. The molecule has 158 valence electrons. The Morgan fingerprint density at radius 2 is 1.50 bits per heavy atom. The van der Waals surface area contributed by atoms with Crippen molar-refractivity contribution in [1.29, 1.82) is 0 Å².